The molecule has 1 N–H and O–H groups in total. The third-order valence-electron chi connectivity index (χ3n) is 5.98. The summed E-state index contributed by atoms with van der Waals surface area (Å²) in [5.41, 5.74) is 3.46. The van der Waals surface area contributed by atoms with Gasteiger partial charge in [-0.3, -0.25) is 14.3 Å². The molecule has 0 bridgehead atoms. The maximum atomic E-state index is 12.2. The van der Waals surface area contributed by atoms with E-state index in [0.717, 1.165) is 43.4 Å². The van der Waals surface area contributed by atoms with E-state index >= 15 is 0 Å². The molecule has 5 rings (SSSR count). The Labute approximate surface area is 175 Å². The number of rotatable bonds is 9. The summed E-state index contributed by atoms with van der Waals surface area (Å²) < 4.78 is 7.06. The van der Waals surface area contributed by atoms with E-state index in [2.05, 4.69) is 22.3 Å². The van der Waals surface area contributed by atoms with Crippen molar-refractivity contribution in [3.05, 3.63) is 70.2 Å². The molecular weight excluding hydrogens is 378 g/mol. The highest BCUT2D eigenvalue weighted by Gasteiger charge is 2.29. The van der Waals surface area contributed by atoms with Gasteiger partial charge in [0.05, 0.1) is 5.52 Å². The van der Waals surface area contributed by atoms with Crippen LogP contribution in [0.25, 0.3) is 11.1 Å². The van der Waals surface area contributed by atoms with E-state index in [4.69, 9.17) is 4.42 Å². The van der Waals surface area contributed by atoms with Gasteiger partial charge in [0.1, 0.15) is 0 Å². The van der Waals surface area contributed by atoms with Gasteiger partial charge in [-0.25, -0.2) is 4.79 Å². The average molecular weight is 405 g/mol. The summed E-state index contributed by atoms with van der Waals surface area (Å²) in [7, 11) is 0. The summed E-state index contributed by atoms with van der Waals surface area (Å²) in [6.45, 7) is 2.45. The van der Waals surface area contributed by atoms with Crippen LogP contribution in [0, 0.1) is 0 Å². The minimum absolute atomic E-state index is 0.0286. The maximum absolute atomic E-state index is 12.2. The first kappa shape index (κ1) is 19.1. The van der Waals surface area contributed by atoms with Crippen molar-refractivity contribution in [3.63, 3.8) is 0 Å². The van der Waals surface area contributed by atoms with Gasteiger partial charge in [-0.2, -0.15) is 0 Å². The Balaban J connectivity index is 1.19. The number of nitrogens with zero attached hydrogens (tertiary/aromatic N) is 2. The topological polar surface area (TPSA) is 67.5 Å². The van der Waals surface area contributed by atoms with E-state index in [9.17, 15) is 9.59 Å². The van der Waals surface area contributed by atoms with Gasteiger partial charge < -0.3 is 9.73 Å². The minimum Gasteiger partial charge on any atom is -0.408 e. The van der Waals surface area contributed by atoms with E-state index in [0.29, 0.717) is 24.2 Å². The van der Waals surface area contributed by atoms with Crippen molar-refractivity contribution in [1.82, 2.24) is 14.8 Å². The summed E-state index contributed by atoms with van der Waals surface area (Å²) in [5, 5.41) is 3.03. The lowest BCUT2D eigenvalue weighted by molar-refractivity contribution is 0.0951. The Morgan fingerprint density at radius 2 is 1.83 bits per heavy atom. The first-order valence-electron chi connectivity index (χ1n) is 10.9. The van der Waals surface area contributed by atoms with Crippen LogP contribution in [0.3, 0.4) is 0 Å². The van der Waals surface area contributed by atoms with Crippen LogP contribution in [0.15, 0.2) is 57.7 Å². The van der Waals surface area contributed by atoms with E-state index < -0.39 is 0 Å². The lowest BCUT2D eigenvalue weighted by Gasteiger charge is -2.22. The second-order valence-corrected chi connectivity index (χ2v) is 8.49. The van der Waals surface area contributed by atoms with Crippen molar-refractivity contribution in [2.45, 2.75) is 57.3 Å². The normalized spacial score (nSPS) is 16.3. The van der Waals surface area contributed by atoms with Crippen LogP contribution in [-0.2, 0) is 13.1 Å². The zero-order chi connectivity index (χ0) is 20.5. The molecule has 0 atom stereocenters. The molecule has 0 radical (unpaired) electrons. The Kier molecular flexibility index (Phi) is 5.17. The van der Waals surface area contributed by atoms with Gasteiger partial charge in [0.25, 0.3) is 5.91 Å². The van der Waals surface area contributed by atoms with Crippen molar-refractivity contribution < 1.29 is 9.21 Å². The summed E-state index contributed by atoms with van der Waals surface area (Å²) in [4.78, 5) is 26.8. The van der Waals surface area contributed by atoms with Crippen molar-refractivity contribution in [2.24, 2.45) is 0 Å². The lowest BCUT2D eigenvalue weighted by atomic mass is 10.1. The van der Waals surface area contributed by atoms with Crippen LogP contribution < -0.4 is 11.1 Å². The molecule has 0 spiro atoms. The van der Waals surface area contributed by atoms with Crippen LogP contribution >= 0.6 is 0 Å². The largest absolute Gasteiger partial charge is 0.419 e. The van der Waals surface area contributed by atoms with E-state index in [-0.39, 0.29) is 11.7 Å². The van der Waals surface area contributed by atoms with Crippen LogP contribution in [0.5, 0.6) is 0 Å². The second kappa shape index (κ2) is 8.11. The highest BCUT2D eigenvalue weighted by Crippen LogP contribution is 2.28. The number of carbonyl (C=O) groups is 1. The first-order valence-corrected chi connectivity index (χ1v) is 10.9. The van der Waals surface area contributed by atoms with E-state index in [1.807, 2.05) is 36.4 Å². The molecule has 2 aliphatic carbocycles. The number of para-hydroxylation sites is 2. The van der Waals surface area contributed by atoms with Crippen molar-refractivity contribution in [1.29, 1.82) is 0 Å². The molecule has 3 aromatic rings. The molecule has 156 valence electrons. The average Bonchev–Trinajstić information content (AvgIpc) is 3.67. The fourth-order valence-corrected chi connectivity index (χ4v) is 3.98. The molecule has 1 aromatic heterocycles. The summed E-state index contributed by atoms with van der Waals surface area (Å²) in [6, 6.07) is 16.5. The van der Waals surface area contributed by atoms with Crippen LogP contribution in [0.2, 0.25) is 0 Å². The number of aryl methyl sites for hydroxylation is 1. The summed E-state index contributed by atoms with van der Waals surface area (Å²) in [6.07, 6.45) is 5.55. The number of fused-ring (bicyclic) bond motifs is 1. The number of hydrogen-bond donors (Lipinski definition) is 1. The molecule has 2 fully saturated rings. The van der Waals surface area contributed by atoms with Crippen molar-refractivity contribution >= 4 is 17.0 Å². The molecule has 0 unspecified atom stereocenters. The molecular formula is C24H27N3O3. The number of carbonyl (C=O) groups excluding carboxylic acids is 1. The number of nitrogens with one attached hydrogen (secondary N) is 1. The number of amides is 1. The fraction of sp³-hybridized carbons (Fsp3) is 0.417. The Morgan fingerprint density at radius 1 is 1.07 bits per heavy atom. The Bertz CT molecular complexity index is 1090. The van der Waals surface area contributed by atoms with Gasteiger partial charge in [0, 0.05) is 37.3 Å². The Morgan fingerprint density at radius 3 is 2.57 bits per heavy atom. The van der Waals surface area contributed by atoms with Crippen molar-refractivity contribution in [2.75, 3.05) is 6.54 Å². The molecule has 0 saturated heterocycles. The number of aromatic nitrogens is 1. The minimum atomic E-state index is -0.283. The van der Waals surface area contributed by atoms with Gasteiger partial charge in [-0.1, -0.05) is 24.3 Å². The first-order chi connectivity index (χ1) is 14.7. The maximum Gasteiger partial charge on any atom is 0.419 e. The highest BCUT2D eigenvalue weighted by atomic mass is 16.4. The third kappa shape index (κ3) is 4.33. The van der Waals surface area contributed by atoms with E-state index in [1.54, 1.807) is 4.57 Å². The van der Waals surface area contributed by atoms with Crippen LogP contribution in [0.4, 0.5) is 0 Å². The molecule has 6 nitrogen and oxygen atoms in total. The monoisotopic (exact) mass is 405 g/mol. The number of benzene rings is 2. The quantitative estimate of drug-likeness (QED) is 0.591. The van der Waals surface area contributed by atoms with Gasteiger partial charge in [0.2, 0.25) is 0 Å². The SMILES string of the molecule is O=C(NC1CC1)c1ccc(CN(CCCn2c(=O)oc3ccccc32)C2CC2)cc1. The van der Waals surface area contributed by atoms with Gasteiger partial charge in [-0.15, -0.1) is 0 Å². The zero-order valence-corrected chi connectivity index (χ0v) is 17.0. The molecule has 30 heavy (non-hydrogen) atoms. The molecule has 0 aliphatic heterocycles. The summed E-state index contributed by atoms with van der Waals surface area (Å²) in [5.74, 6) is -0.255. The van der Waals surface area contributed by atoms with Gasteiger partial charge in [0.15, 0.2) is 5.58 Å². The molecule has 1 heterocycles. The highest BCUT2D eigenvalue weighted by molar-refractivity contribution is 5.94. The molecule has 2 aliphatic rings. The predicted octanol–water partition coefficient (Wildman–Crippen LogP) is 3.54. The van der Waals surface area contributed by atoms with Gasteiger partial charge in [-0.05, 0) is 61.9 Å². The lowest BCUT2D eigenvalue weighted by Crippen LogP contribution is -2.28. The smallest absolute Gasteiger partial charge is 0.408 e. The molecule has 6 heteroatoms. The number of hydrogen-bond acceptors (Lipinski definition) is 4. The second-order valence-electron chi connectivity index (χ2n) is 8.49. The third-order valence-corrected chi connectivity index (χ3v) is 5.98. The van der Waals surface area contributed by atoms with Crippen LogP contribution in [0.1, 0.15) is 48.0 Å². The van der Waals surface area contributed by atoms with E-state index in [1.165, 1.54) is 18.4 Å². The molecule has 2 aromatic carbocycles. The number of oxazole rings is 1. The van der Waals surface area contributed by atoms with Gasteiger partial charge >= 0.3 is 5.76 Å². The fourth-order valence-electron chi connectivity index (χ4n) is 3.98. The Hall–Kier alpha value is -2.86. The predicted molar refractivity (Wildman–Crippen MR) is 115 cm³/mol. The van der Waals surface area contributed by atoms with Crippen LogP contribution in [-0.4, -0.2) is 34.0 Å². The molecule has 1 amide bonds. The van der Waals surface area contributed by atoms with Crippen molar-refractivity contribution in [3.8, 4) is 0 Å². The zero-order valence-electron chi connectivity index (χ0n) is 17.0. The summed E-state index contributed by atoms with van der Waals surface area (Å²) >= 11 is 0. The standard InChI is InChI=1S/C24H27N3O3/c28-23(25-19-10-11-19)18-8-6-17(7-9-18)16-26(20-12-13-20)14-3-15-27-21-4-1-2-5-22(21)30-24(27)29/h1-2,4-9,19-20H,3,10-16H2,(H,25,28). The molecule has 2 saturated carbocycles.